The van der Waals surface area contributed by atoms with E-state index >= 15 is 0 Å². The summed E-state index contributed by atoms with van der Waals surface area (Å²) in [5.41, 5.74) is 2.29. The van der Waals surface area contributed by atoms with Crippen LogP contribution in [-0.4, -0.2) is 34.6 Å². The molecule has 4 nitrogen and oxygen atoms in total. The van der Waals surface area contributed by atoms with Crippen LogP contribution in [0, 0.1) is 0 Å². The van der Waals surface area contributed by atoms with Gasteiger partial charge >= 0.3 is 0 Å². The second-order valence-corrected chi connectivity index (χ2v) is 11.4. The smallest absolute Gasteiger partial charge is 0.243 e. The molecule has 37 heavy (non-hydrogen) atoms. The fourth-order valence-corrected chi connectivity index (χ4v) is 5.95. The molecule has 3 aromatic rings. The molecule has 3 aromatic carbocycles. The molecule has 0 heterocycles. The summed E-state index contributed by atoms with van der Waals surface area (Å²) in [7, 11) is 0. The van der Waals surface area contributed by atoms with E-state index in [9.17, 15) is 9.59 Å². The topological polar surface area (TPSA) is 49.4 Å². The van der Waals surface area contributed by atoms with Crippen LogP contribution in [-0.2, 0) is 28.3 Å². The molecule has 196 valence electrons. The van der Waals surface area contributed by atoms with Crippen LogP contribution in [0.1, 0.15) is 30.5 Å². The molecule has 9 heteroatoms. The van der Waals surface area contributed by atoms with Crippen LogP contribution in [0.2, 0.25) is 20.1 Å². The van der Waals surface area contributed by atoms with Gasteiger partial charge in [0.15, 0.2) is 0 Å². The van der Waals surface area contributed by atoms with E-state index in [1.165, 1.54) is 11.8 Å². The molecule has 0 saturated heterocycles. The van der Waals surface area contributed by atoms with Crippen molar-refractivity contribution in [2.24, 2.45) is 0 Å². The highest BCUT2D eigenvalue weighted by molar-refractivity contribution is 7.99. The maximum atomic E-state index is 13.7. The molecule has 0 bridgehead atoms. The SMILES string of the molecule is CC(C)NC(=O)C(Cc1ccccc1)N(Cc1c(Cl)cccc1Cl)C(=O)CSCc1c(Cl)cccc1Cl. The monoisotopic (exact) mass is 596 g/mol. The van der Waals surface area contributed by atoms with Crippen LogP contribution < -0.4 is 5.32 Å². The summed E-state index contributed by atoms with van der Waals surface area (Å²) < 4.78 is 0. The van der Waals surface area contributed by atoms with E-state index in [1.807, 2.05) is 44.2 Å². The molecule has 0 fully saturated rings. The average molecular weight is 598 g/mol. The third-order valence-electron chi connectivity index (χ3n) is 5.63. The average Bonchev–Trinajstić information content (AvgIpc) is 2.84. The van der Waals surface area contributed by atoms with Crippen molar-refractivity contribution < 1.29 is 9.59 Å². The van der Waals surface area contributed by atoms with Gasteiger partial charge in [0.05, 0.1) is 5.75 Å². The molecule has 1 atom stereocenters. The highest BCUT2D eigenvalue weighted by Crippen LogP contribution is 2.30. The third-order valence-corrected chi connectivity index (χ3v) is 7.99. The Morgan fingerprint density at radius 3 is 1.89 bits per heavy atom. The second kappa shape index (κ2) is 14.3. The molecule has 3 rings (SSSR count). The minimum Gasteiger partial charge on any atom is -0.352 e. The second-order valence-electron chi connectivity index (χ2n) is 8.78. The largest absolute Gasteiger partial charge is 0.352 e. The first kappa shape index (κ1) is 29.7. The van der Waals surface area contributed by atoms with E-state index in [4.69, 9.17) is 46.4 Å². The van der Waals surface area contributed by atoms with Crippen LogP contribution in [0.3, 0.4) is 0 Å². The Hall–Kier alpha value is -1.89. The number of benzene rings is 3. The van der Waals surface area contributed by atoms with Crippen molar-refractivity contribution >= 4 is 70.0 Å². The number of amides is 2. The lowest BCUT2D eigenvalue weighted by atomic mass is 10.0. The fourth-order valence-electron chi connectivity index (χ4n) is 3.78. The van der Waals surface area contributed by atoms with Crippen molar-refractivity contribution in [3.63, 3.8) is 0 Å². The van der Waals surface area contributed by atoms with Gasteiger partial charge in [-0.1, -0.05) is 88.9 Å². The molecule has 0 radical (unpaired) electrons. The van der Waals surface area contributed by atoms with Gasteiger partial charge in [0.2, 0.25) is 11.8 Å². The van der Waals surface area contributed by atoms with Crippen molar-refractivity contribution in [2.45, 2.75) is 44.6 Å². The standard InChI is InChI=1S/C28H28Cl4N2O2S/c1-18(2)33-28(36)26(14-19-8-4-3-5-9-19)34(15-20-22(29)10-6-11-23(20)30)27(35)17-37-16-21-24(31)12-7-13-25(21)32/h3-13,18,26H,14-17H2,1-2H3,(H,33,36). The predicted molar refractivity (Wildman–Crippen MR) is 157 cm³/mol. The first-order valence-electron chi connectivity index (χ1n) is 11.7. The molecule has 0 aliphatic rings. The molecule has 2 amide bonds. The Morgan fingerprint density at radius 2 is 1.35 bits per heavy atom. The van der Waals surface area contributed by atoms with E-state index < -0.39 is 6.04 Å². The van der Waals surface area contributed by atoms with Crippen LogP contribution in [0.15, 0.2) is 66.7 Å². The van der Waals surface area contributed by atoms with Gasteiger partial charge in [-0.25, -0.2) is 0 Å². The number of thioether (sulfide) groups is 1. The van der Waals surface area contributed by atoms with Crippen LogP contribution >= 0.6 is 58.2 Å². The summed E-state index contributed by atoms with van der Waals surface area (Å²) >= 11 is 26.9. The molecular formula is C28H28Cl4N2O2S. The molecule has 0 aliphatic carbocycles. The predicted octanol–water partition coefficient (Wildman–Crippen LogP) is 7.70. The lowest BCUT2D eigenvalue weighted by Crippen LogP contribution is -2.52. The summed E-state index contributed by atoms with van der Waals surface area (Å²) in [6.45, 7) is 3.86. The number of nitrogens with zero attached hydrogens (tertiary/aromatic N) is 1. The van der Waals surface area contributed by atoms with Crippen LogP contribution in [0.25, 0.3) is 0 Å². The van der Waals surface area contributed by atoms with Crippen molar-refractivity contribution in [1.82, 2.24) is 10.2 Å². The number of halogens is 4. The number of nitrogens with one attached hydrogen (secondary N) is 1. The number of rotatable bonds is 11. The van der Waals surface area contributed by atoms with E-state index in [1.54, 1.807) is 41.3 Å². The van der Waals surface area contributed by atoms with E-state index in [0.717, 1.165) is 11.1 Å². The molecular weight excluding hydrogens is 570 g/mol. The maximum Gasteiger partial charge on any atom is 0.243 e. The zero-order valence-electron chi connectivity index (χ0n) is 20.5. The minimum atomic E-state index is -0.769. The summed E-state index contributed by atoms with van der Waals surface area (Å²) in [5, 5.41) is 4.93. The first-order valence-corrected chi connectivity index (χ1v) is 14.4. The van der Waals surface area contributed by atoms with E-state index in [0.29, 0.717) is 37.8 Å². The van der Waals surface area contributed by atoms with Gasteiger partial charge < -0.3 is 10.2 Å². The molecule has 1 N–H and O–H groups in total. The quantitative estimate of drug-likeness (QED) is 0.246. The summed E-state index contributed by atoms with van der Waals surface area (Å²) in [6.07, 6.45) is 0.341. The molecule has 0 aromatic heterocycles. The molecule has 1 unspecified atom stereocenters. The van der Waals surface area contributed by atoms with E-state index in [2.05, 4.69) is 5.32 Å². The Labute approximate surface area is 242 Å². The Morgan fingerprint density at radius 1 is 0.811 bits per heavy atom. The van der Waals surface area contributed by atoms with Crippen molar-refractivity contribution in [2.75, 3.05) is 5.75 Å². The lowest BCUT2D eigenvalue weighted by Gasteiger charge is -2.32. The number of hydrogen-bond acceptors (Lipinski definition) is 3. The number of carbonyl (C=O) groups is 2. The number of hydrogen-bond donors (Lipinski definition) is 1. The Balaban J connectivity index is 1.91. The summed E-state index contributed by atoms with van der Waals surface area (Å²) in [6, 6.07) is 19.3. The van der Waals surface area contributed by atoms with Crippen LogP contribution in [0.5, 0.6) is 0 Å². The van der Waals surface area contributed by atoms with Gasteiger partial charge in [-0.3, -0.25) is 9.59 Å². The maximum absolute atomic E-state index is 13.7. The van der Waals surface area contributed by atoms with Gasteiger partial charge in [-0.15, -0.1) is 11.8 Å². The van der Waals surface area contributed by atoms with Gasteiger partial charge in [-0.05, 0) is 49.2 Å². The molecule has 0 aliphatic heterocycles. The van der Waals surface area contributed by atoms with Gasteiger partial charge in [0.25, 0.3) is 0 Å². The Kier molecular flexibility index (Phi) is 11.5. The highest BCUT2D eigenvalue weighted by atomic mass is 35.5. The zero-order valence-corrected chi connectivity index (χ0v) is 24.4. The van der Waals surface area contributed by atoms with Gasteiger partial charge in [0, 0.05) is 50.4 Å². The lowest BCUT2D eigenvalue weighted by molar-refractivity contribution is -0.139. The van der Waals surface area contributed by atoms with Crippen molar-refractivity contribution in [1.29, 1.82) is 0 Å². The Bertz CT molecular complexity index is 1180. The van der Waals surface area contributed by atoms with Gasteiger partial charge in [0.1, 0.15) is 6.04 Å². The minimum absolute atomic E-state index is 0.0910. The summed E-state index contributed by atoms with van der Waals surface area (Å²) in [5.74, 6) is 0.106. The summed E-state index contributed by atoms with van der Waals surface area (Å²) in [4.78, 5) is 28.7. The molecule has 0 spiro atoms. The first-order chi connectivity index (χ1) is 17.7. The highest BCUT2D eigenvalue weighted by Gasteiger charge is 2.31. The molecule has 0 saturated carbocycles. The van der Waals surface area contributed by atoms with Crippen molar-refractivity contribution in [3.8, 4) is 0 Å². The van der Waals surface area contributed by atoms with Crippen molar-refractivity contribution in [3.05, 3.63) is 104 Å². The normalized spacial score (nSPS) is 11.9. The van der Waals surface area contributed by atoms with Gasteiger partial charge in [-0.2, -0.15) is 0 Å². The zero-order chi connectivity index (χ0) is 26.9. The number of carbonyl (C=O) groups excluding carboxylic acids is 2. The fraction of sp³-hybridized carbons (Fsp3) is 0.286. The van der Waals surface area contributed by atoms with E-state index in [-0.39, 0.29) is 30.2 Å². The van der Waals surface area contributed by atoms with Crippen LogP contribution in [0.4, 0.5) is 0 Å². The third kappa shape index (κ3) is 8.56.